The molecule has 1 N–H and O–H groups in total. The first kappa shape index (κ1) is 19.6. The standard InChI is InChI=1S/C20H22BrN3O2S/c1-20(2,3)19-18(14-24(22-19)13-15-7-5-4-6-8-15)27(25,26)23-17-11-9-16(21)10-12-17/h4-12,14,23H,13H2,1-3H3. The molecule has 3 aromatic rings. The predicted molar refractivity (Wildman–Crippen MR) is 111 cm³/mol. The molecule has 0 amide bonds. The van der Waals surface area contributed by atoms with Crippen molar-refractivity contribution in [2.24, 2.45) is 0 Å². The Hall–Kier alpha value is -2.12. The average molecular weight is 448 g/mol. The van der Waals surface area contributed by atoms with Crippen molar-refractivity contribution in [2.45, 2.75) is 37.6 Å². The van der Waals surface area contributed by atoms with E-state index in [0.717, 1.165) is 10.0 Å². The van der Waals surface area contributed by atoms with Gasteiger partial charge in [0.25, 0.3) is 10.0 Å². The Morgan fingerprint density at radius 1 is 1.04 bits per heavy atom. The second kappa shape index (κ2) is 7.48. The Labute approximate surface area is 168 Å². The molecule has 0 aliphatic heterocycles. The Kier molecular flexibility index (Phi) is 5.44. The van der Waals surface area contributed by atoms with Gasteiger partial charge in [-0.25, -0.2) is 8.42 Å². The fourth-order valence-corrected chi connectivity index (χ4v) is 4.38. The maximum atomic E-state index is 13.0. The zero-order chi connectivity index (χ0) is 19.7. The smallest absolute Gasteiger partial charge is 0.265 e. The Morgan fingerprint density at radius 2 is 1.67 bits per heavy atom. The highest BCUT2D eigenvalue weighted by molar-refractivity contribution is 9.10. The van der Waals surface area contributed by atoms with Gasteiger partial charge >= 0.3 is 0 Å². The van der Waals surface area contributed by atoms with Crippen LogP contribution in [0, 0.1) is 0 Å². The molecule has 0 fully saturated rings. The number of halogens is 1. The van der Waals surface area contributed by atoms with Crippen molar-refractivity contribution in [2.75, 3.05) is 4.72 Å². The predicted octanol–water partition coefficient (Wildman–Crippen LogP) is 4.79. The van der Waals surface area contributed by atoms with E-state index in [1.54, 1.807) is 35.1 Å². The minimum absolute atomic E-state index is 0.203. The van der Waals surface area contributed by atoms with E-state index in [-0.39, 0.29) is 4.90 Å². The molecule has 0 radical (unpaired) electrons. The molecule has 1 heterocycles. The van der Waals surface area contributed by atoms with E-state index < -0.39 is 15.4 Å². The molecule has 0 saturated heterocycles. The minimum Gasteiger partial charge on any atom is -0.280 e. The number of anilines is 1. The fraction of sp³-hybridized carbons (Fsp3) is 0.250. The number of hydrogen-bond donors (Lipinski definition) is 1. The van der Waals surface area contributed by atoms with Gasteiger partial charge in [-0.1, -0.05) is 67.0 Å². The molecule has 7 heteroatoms. The first-order valence-corrected chi connectivity index (χ1v) is 10.8. The second-order valence-electron chi connectivity index (χ2n) is 7.39. The first-order valence-electron chi connectivity index (χ1n) is 8.55. The summed E-state index contributed by atoms with van der Waals surface area (Å²) in [7, 11) is -3.76. The van der Waals surface area contributed by atoms with E-state index >= 15 is 0 Å². The van der Waals surface area contributed by atoms with Crippen LogP contribution < -0.4 is 4.72 Å². The van der Waals surface area contributed by atoms with Crippen molar-refractivity contribution in [1.29, 1.82) is 0 Å². The lowest BCUT2D eigenvalue weighted by Gasteiger charge is -2.18. The largest absolute Gasteiger partial charge is 0.280 e. The lowest BCUT2D eigenvalue weighted by Crippen LogP contribution is -2.20. The summed E-state index contributed by atoms with van der Waals surface area (Å²) >= 11 is 3.35. The third-order valence-corrected chi connectivity index (χ3v) is 5.92. The zero-order valence-electron chi connectivity index (χ0n) is 15.5. The monoisotopic (exact) mass is 447 g/mol. The Morgan fingerprint density at radius 3 is 2.26 bits per heavy atom. The average Bonchev–Trinajstić information content (AvgIpc) is 3.03. The molecule has 5 nitrogen and oxygen atoms in total. The molecule has 0 saturated carbocycles. The van der Waals surface area contributed by atoms with Gasteiger partial charge in [0.2, 0.25) is 0 Å². The van der Waals surface area contributed by atoms with Crippen LogP contribution in [0.2, 0.25) is 0 Å². The van der Waals surface area contributed by atoms with Gasteiger partial charge in [-0.3, -0.25) is 9.40 Å². The lowest BCUT2D eigenvalue weighted by atomic mass is 9.92. The number of benzene rings is 2. The summed E-state index contributed by atoms with van der Waals surface area (Å²) in [6, 6.07) is 16.9. The number of sulfonamides is 1. The zero-order valence-corrected chi connectivity index (χ0v) is 17.9. The maximum absolute atomic E-state index is 13.0. The molecule has 0 spiro atoms. The molecule has 2 aromatic carbocycles. The summed E-state index contributed by atoms with van der Waals surface area (Å²) in [5.41, 5.74) is 1.70. The fourth-order valence-electron chi connectivity index (χ4n) is 2.70. The summed E-state index contributed by atoms with van der Waals surface area (Å²) in [6.45, 7) is 6.39. The highest BCUT2D eigenvalue weighted by atomic mass is 79.9. The number of hydrogen-bond acceptors (Lipinski definition) is 3. The SMILES string of the molecule is CC(C)(C)c1nn(Cc2ccccc2)cc1S(=O)(=O)Nc1ccc(Br)cc1. The number of aromatic nitrogens is 2. The Balaban J connectivity index is 1.98. The summed E-state index contributed by atoms with van der Waals surface area (Å²) in [5.74, 6) is 0. The van der Waals surface area contributed by atoms with Gasteiger partial charge in [-0.15, -0.1) is 0 Å². The highest BCUT2D eigenvalue weighted by Gasteiger charge is 2.30. The quantitative estimate of drug-likeness (QED) is 0.611. The molecule has 1 aromatic heterocycles. The van der Waals surface area contributed by atoms with Crippen LogP contribution in [0.4, 0.5) is 5.69 Å². The van der Waals surface area contributed by atoms with Crippen molar-refractivity contribution in [3.63, 3.8) is 0 Å². The normalized spacial score (nSPS) is 12.1. The molecule has 27 heavy (non-hydrogen) atoms. The van der Waals surface area contributed by atoms with Crippen LogP contribution in [-0.4, -0.2) is 18.2 Å². The number of nitrogens with one attached hydrogen (secondary N) is 1. The van der Waals surface area contributed by atoms with Crippen molar-refractivity contribution < 1.29 is 8.42 Å². The van der Waals surface area contributed by atoms with E-state index in [1.807, 2.05) is 51.1 Å². The molecule has 3 rings (SSSR count). The lowest BCUT2D eigenvalue weighted by molar-refractivity contribution is 0.533. The van der Waals surface area contributed by atoms with Crippen molar-refractivity contribution in [3.05, 3.63) is 76.5 Å². The number of rotatable bonds is 5. The van der Waals surface area contributed by atoms with Gasteiger partial charge in [0.15, 0.2) is 0 Å². The summed E-state index contributed by atoms with van der Waals surface area (Å²) < 4.78 is 31.3. The van der Waals surface area contributed by atoms with Crippen LogP contribution in [0.15, 0.2) is 70.2 Å². The van der Waals surface area contributed by atoms with E-state index in [4.69, 9.17) is 0 Å². The van der Waals surface area contributed by atoms with Gasteiger partial charge in [-0.05, 0) is 29.8 Å². The molecular weight excluding hydrogens is 426 g/mol. The van der Waals surface area contributed by atoms with Crippen molar-refractivity contribution in [1.82, 2.24) is 9.78 Å². The summed E-state index contributed by atoms with van der Waals surface area (Å²) in [6.07, 6.45) is 1.61. The van der Waals surface area contributed by atoms with Crippen LogP contribution in [0.25, 0.3) is 0 Å². The van der Waals surface area contributed by atoms with E-state index in [1.165, 1.54) is 0 Å². The molecule has 0 unspecified atom stereocenters. The van der Waals surface area contributed by atoms with Gasteiger partial charge in [0.1, 0.15) is 4.90 Å². The van der Waals surface area contributed by atoms with E-state index in [0.29, 0.717) is 17.9 Å². The van der Waals surface area contributed by atoms with Crippen LogP contribution in [0.1, 0.15) is 32.0 Å². The maximum Gasteiger partial charge on any atom is 0.265 e. The first-order chi connectivity index (χ1) is 12.6. The molecular formula is C20H22BrN3O2S. The van der Waals surface area contributed by atoms with Gasteiger partial charge in [0.05, 0.1) is 12.2 Å². The van der Waals surface area contributed by atoms with Crippen LogP contribution in [0.5, 0.6) is 0 Å². The van der Waals surface area contributed by atoms with Crippen LogP contribution in [-0.2, 0) is 22.0 Å². The van der Waals surface area contributed by atoms with Crippen molar-refractivity contribution in [3.8, 4) is 0 Å². The third kappa shape index (κ3) is 4.78. The molecule has 0 atom stereocenters. The minimum atomic E-state index is -3.76. The van der Waals surface area contributed by atoms with Gasteiger partial charge in [-0.2, -0.15) is 5.10 Å². The molecule has 142 valence electrons. The van der Waals surface area contributed by atoms with E-state index in [9.17, 15) is 8.42 Å². The van der Waals surface area contributed by atoms with E-state index in [2.05, 4.69) is 25.8 Å². The van der Waals surface area contributed by atoms with Crippen LogP contribution >= 0.6 is 15.9 Å². The second-order valence-corrected chi connectivity index (χ2v) is 9.95. The van der Waals surface area contributed by atoms with Crippen molar-refractivity contribution >= 4 is 31.6 Å². The topological polar surface area (TPSA) is 64.0 Å². The summed E-state index contributed by atoms with van der Waals surface area (Å²) in [5, 5.41) is 4.59. The van der Waals surface area contributed by atoms with Gasteiger partial charge < -0.3 is 0 Å². The third-order valence-electron chi connectivity index (χ3n) is 4.01. The Bertz CT molecular complexity index is 1020. The van der Waals surface area contributed by atoms with Gasteiger partial charge in [0, 0.05) is 21.8 Å². The molecule has 0 aliphatic rings. The molecule has 0 aliphatic carbocycles. The number of nitrogens with zero attached hydrogens (tertiary/aromatic N) is 2. The van der Waals surface area contributed by atoms with Crippen LogP contribution in [0.3, 0.4) is 0 Å². The highest BCUT2D eigenvalue weighted by Crippen LogP contribution is 2.29. The summed E-state index contributed by atoms with van der Waals surface area (Å²) in [4.78, 5) is 0.203. The molecule has 0 bridgehead atoms.